The van der Waals surface area contributed by atoms with Gasteiger partial charge >= 0.3 is 0 Å². The van der Waals surface area contributed by atoms with Crippen molar-refractivity contribution >= 4 is 15.9 Å². The third kappa shape index (κ3) is 4.28. The zero-order chi connectivity index (χ0) is 13.7. The van der Waals surface area contributed by atoms with E-state index in [1.54, 1.807) is 6.07 Å². The molecular formula is C16H23BrFN. The molecule has 1 aromatic carbocycles. The first-order valence-corrected chi connectivity index (χ1v) is 8.18. The van der Waals surface area contributed by atoms with Crippen molar-refractivity contribution in [1.82, 2.24) is 5.32 Å². The minimum Gasteiger partial charge on any atom is -0.310 e. The van der Waals surface area contributed by atoms with Crippen molar-refractivity contribution in [3.63, 3.8) is 0 Å². The van der Waals surface area contributed by atoms with Crippen LogP contribution in [-0.4, -0.2) is 6.54 Å². The van der Waals surface area contributed by atoms with Crippen LogP contribution in [0.25, 0.3) is 0 Å². The molecule has 2 rings (SSSR count). The SMILES string of the molecule is CCNC(CCC1CCCC1)c1ccc(F)c(Br)c1. The van der Waals surface area contributed by atoms with Crippen molar-refractivity contribution in [3.05, 3.63) is 34.1 Å². The Kier molecular flexibility index (Phi) is 5.83. The number of hydrogen-bond acceptors (Lipinski definition) is 1. The van der Waals surface area contributed by atoms with E-state index < -0.39 is 0 Å². The third-order valence-electron chi connectivity index (χ3n) is 4.13. The number of nitrogens with one attached hydrogen (secondary N) is 1. The Morgan fingerprint density at radius 2 is 2.11 bits per heavy atom. The molecule has 106 valence electrons. The normalized spacial score (nSPS) is 17.8. The summed E-state index contributed by atoms with van der Waals surface area (Å²) in [5.74, 6) is 0.722. The van der Waals surface area contributed by atoms with Crippen LogP contribution in [0.1, 0.15) is 57.1 Å². The van der Waals surface area contributed by atoms with E-state index in [2.05, 4.69) is 28.2 Å². The van der Waals surface area contributed by atoms with E-state index in [0.717, 1.165) is 18.9 Å². The number of halogens is 2. The summed E-state index contributed by atoms with van der Waals surface area (Å²) in [6.07, 6.45) is 8.03. The lowest BCUT2D eigenvalue weighted by Gasteiger charge is -2.20. The summed E-state index contributed by atoms with van der Waals surface area (Å²) in [6.45, 7) is 3.07. The van der Waals surface area contributed by atoms with Gasteiger partial charge in [0.05, 0.1) is 4.47 Å². The van der Waals surface area contributed by atoms with E-state index >= 15 is 0 Å². The molecule has 1 unspecified atom stereocenters. The maximum absolute atomic E-state index is 13.3. The first kappa shape index (κ1) is 15.0. The average Bonchev–Trinajstić information content (AvgIpc) is 2.91. The van der Waals surface area contributed by atoms with Crippen LogP contribution in [0.2, 0.25) is 0 Å². The molecular weight excluding hydrogens is 305 g/mol. The summed E-state index contributed by atoms with van der Waals surface area (Å²) in [5, 5.41) is 3.53. The molecule has 0 saturated heterocycles. The number of rotatable bonds is 6. The summed E-state index contributed by atoms with van der Waals surface area (Å²) in [4.78, 5) is 0. The second-order valence-corrected chi connectivity index (χ2v) is 6.37. The summed E-state index contributed by atoms with van der Waals surface area (Å²) in [7, 11) is 0. The quantitative estimate of drug-likeness (QED) is 0.756. The molecule has 0 bridgehead atoms. The summed E-state index contributed by atoms with van der Waals surface area (Å²) in [5.41, 5.74) is 1.19. The largest absolute Gasteiger partial charge is 0.310 e. The highest BCUT2D eigenvalue weighted by molar-refractivity contribution is 9.10. The van der Waals surface area contributed by atoms with Crippen LogP contribution in [0, 0.1) is 11.7 Å². The highest BCUT2D eigenvalue weighted by Crippen LogP contribution is 2.32. The summed E-state index contributed by atoms with van der Waals surface area (Å²) < 4.78 is 13.9. The van der Waals surface area contributed by atoms with Crippen LogP contribution in [0.4, 0.5) is 4.39 Å². The van der Waals surface area contributed by atoms with Crippen LogP contribution in [0.5, 0.6) is 0 Å². The molecule has 0 amide bonds. The van der Waals surface area contributed by atoms with Gasteiger partial charge < -0.3 is 5.32 Å². The van der Waals surface area contributed by atoms with Gasteiger partial charge in [-0.1, -0.05) is 38.7 Å². The lowest BCUT2D eigenvalue weighted by molar-refractivity contribution is 0.416. The Labute approximate surface area is 124 Å². The molecule has 1 nitrogen and oxygen atoms in total. The fourth-order valence-electron chi connectivity index (χ4n) is 3.06. The van der Waals surface area contributed by atoms with E-state index in [0.29, 0.717) is 10.5 Å². The molecule has 0 aliphatic heterocycles. The predicted molar refractivity (Wildman–Crippen MR) is 81.7 cm³/mol. The topological polar surface area (TPSA) is 12.0 Å². The fraction of sp³-hybridized carbons (Fsp3) is 0.625. The molecule has 19 heavy (non-hydrogen) atoms. The molecule has 1 saturated carbocycles. The maximum atomic E-state index is 13.3. The maximum Gasteiger partial charge on any atom is 0.137 e. The molecule has 0 heterocycles. The number of hydrogen-bond donors (Lipinski definition) is 1. The number of benzene rings is 1. The lowest BCUT2D eigenvalue weighted by atomic mass is 9.95. The Morgan fingerprint density at radius 1 is 1.37 bits per heavy atom. The molecule has 1 aliphatic carbocycles. The monoisotopic (exact) mass is 327 g/mol. The molecule has 0 radical (unpaired) electrons. The van der Waals surface area contributed by atoms with Crippen LogP contribution in [-0.2, 0) is 0 Å². The predicted octanol–water partition coefficient (Wildman–Crippen LogP) is 5.21. The molecule has 1 fully saturated rings. The van der Waals surface area contributed by atoms with Crippen LogP contribution in [0.15, 0.2) is 22.7 Å². The highest BCUT2D eigenvalue weighted by atomic mass is 79.9. The second-order valence-electron chi connectivity index (χ2n) is 5.51. The summed E-state index contributed by atoms with van der Waals surface area (Å²) in [6, 6.07) is 5.72. The van der Waals surface area contributed by atoms with Gasteiger partial charge in [-0.25, -0.2) is 4.39 Å². The van der Waals surface area contributed by atoms with Crippen molar-refractivity contribution in [1.29, 1.82) is 0 Å². The van der Waals surface area contributed by atoms with Crippen LogP contribution < -0.4 is 5.32 Å². The zero-order valence-corrected chi connectivity index (χ0v) is 13.2. The minimum absolute atomic E-state index is 0.185. The molecule has 1 aliphatic rings. The molecule has 0 aromatic heterocycles. The van der Waals surface area contributed by atoms with Gasteiger partial charge in [0.15, 0.2) is 0 Å². The lowest BCUT2D eigenvalue weighted by Crippen LogP contribution is -2.21. The van der Waals surface area contributed by atoms with Gasteiger partial charge in [0, 0.05) is 6.04 Å². The van der Waals surface area contributed by atoms with Crippen molar-refractivity contribution in [2.45, 2.75) is 51.5 Å². The molecule has 1 N–H and O–H groups in total. The van der Waals surface area contributed by atoms with Gasteiger partial charge in [-0.3, -0.25) is 0 Å². The van der Waals surface area contributed by atoms with Gasteiger partial charge in [-0.15, -0.1) is 0 Å². The Hall–Kier alpha value is -0.410. The summed E-state index contributed by atoms with van der Waals surface area (Å²) >= 11 is 3.28. The van der Waals surface area contributed by atoms with Crippen molar-refractivity contribution < 1.29 is 4.39 Å². The highest BCUT2D eigenvalue weighted by Gasteiger charge is 2.18. The van der Waals surface area contributed by atoms with Gasteiger partial charge in [0.1, 0.15) is 5.82 Å². The molecule has 1 atom stereocenters. The smallest absolute Gasteiger partial charge is 0.137 e. The van der Waals surface area contributed by atoms with Crippen LogP contribution in [0.3, 0.4) is 0 Å². The third-order valence-corrected chi connectivity index (χ3v) is 4.74. The second kappa shape index (κ2) is 7.39. The van der Waals surface area contributed by atoms with E-state index in [9.17, 15) is 4.39 Å². The Bertz CT molecular complexity index is 402. The van der Waals surface area contributed by atoms with Gasteiger partial charge in [-0.05, 0) is 58.9 Å². The fourth-order valence-corrected chi connectivity index (χ4v) is 3.46. The molecule has 3 heteroatoms. The Morgan fingerprint density at radius 3 is 2.74 bits per heavy atom. The van der Waals surface area contributed by atoms with Gasteiger partial charge in [-0.2, -0.15) is 0 Å². The van der Waals surface area contributed by atoms with E-state index in [1.807, 2.05) is 12.1 Å². The van der Waals surface area contributed by atoms with Gasteiger partial charge in [0.2, 0.25) is 0 Å². The van der Waals surface area contributed by atoms with Crippen molar-refractivity contribution in [3.8, 4) is 0 Å². The van der Waals surface area contributed by atoms with E-state index in [4.69, 9.17) is 0 Å². The average molecular weight is 328 g/mol. The molecule has 0 spiro atoms. The molecule has 1 aromatic rings. The van der Waals surface area contributed by atoms with Crippen molar-refractivity contribution in [2.75, 3.05) is 6.54 Å². The van der Waals surface area contributed by atoms with Crippen molar-refractivity contribution in [2.24, 2.45) is 5.92 Å². The first-order chi connectivity index (χ1) is 9.20. The van der Waals surface area contributed by atoms with E-state index in [1.165, 1.54) is 37.7 Å². The minimum atomic E-state index is -0.185. The Balaban J connectivity index is 1.99. The van der Waals surface area contributed by atoms with Gasteiger partial charge in [0.25, 0.3) is 0 Å². The standard InChI is InChI=1S/C16H23BrFN/c1-2-19-16(10-7-12-5-3-4-6-12)13-8-9-15(18)14(17)11-13/h8-9,11-12,16,19H,2-7,10H2,1H3. The zero-order valence-electron chi connectivity index (χ0n) is 11.6. The first-order valence-electron chi connectivity index (χ1n) is 7.39. The van der Waals surface area contributed by atoms with E-state index in [-0.39, 0.29) is 5.82 Å². The van der Waals surface area contributed by atoms with Crippen LogP contribution >= 0.6 is 15.9 Å².